The number of fused-ring (bicyclic) bond motifs is 3. The highest BCUT2D eigenvalue weighted by atomic mass is 16.7. The van der Waals surface area contributed by atoms with Gasteiger partial charge < -0.3 is 23.5 Å². The molecule has 1 aliphatic heterocycles. The molecule has 36 heavy (non-hydrogen) atoms. The van der Waals surface area contributed by atoms with Crippen molar-refractivity contribution in [1.29, 1.82) is 0 Å². The molecule has 9 heteroatoms. The van der Waals surface area contributed by atoms with Gasteiger partial charge >= 0.3 is 0 Å². The summed E-state index contributed by atoms with van der Waals surface area (Å²) in [5.74, 6) is 0.901. The van der Waals surface area contributed by atoms with Crippen LogP contribution in [0.2, 0.25) is 0 Å². The molecule has 0 N–H and O–H groups in total. The van der Waals surface area contributed by atoms with Gasteiger partial charge in [0.2, 0.25) is 0 Å². The van der Waals surface area contributed by atoms with Crippen LogP contribution >= 0.6 is 0 Å². The number of hydrogen-bond donors (Lipinski definition) is 0. The molecule has 0 amide bonds. The maximum absolute atomic E-state index is 13.8. The molecule has 2 aliphatic rings. The van der Waals surface area contributed by atoms with E-state index < -0.39 is 5.79 Å². The highest BCUT2D eigenvalue weighted by molar-refractivity contribution is 6.33. The number of rotatable bonds is 5. The number of ether oxygens (including phenoxy) is 4. The molecule has 8 nitrogen and oxygen atoms in total. The minimum absolute atomic E-state index is 0.109. The van der Waals surface area contributed by atoms with Gasteiger partial charge in [0.25, 0.3) is 5.56 Å². The van der Waals surface area contributed by atoms with Crippen LogP contribution < -0.4 is 20.5 Å². The van der Waals surface area contributed by atoms with Crippen LogP contribution in [-0.4, -0.2) is 55.4 Å². The third kappa shape index (κ3) is 3.78. The van der Waals surface area contributed by atoms with Crippen molar-refractivity contribution in [2.24, 2.45) is 0 Å². The molecular weight excluding hydrogens is 457 g/mol. The zero-order chi connectivity index (χ0) is 24.9. The van der Waals surface area contributed by atoms with Crippen molar-refractivity contribution in [3.8, 4) is 11.5 Å². The van der Waals surface area contributed by atoms with E-state index in [0.29, 0.717) is 42.1 Å². The van der Waals surface area contributed by atoms with Gasteiger partial charge in [-0.2, -0.15) is 5.10 Å². The molecule has 184 valence electrons. The number of nitrogens with zero attached hydrogens (tertiary/aromatic N) is 3. The van der Waals surface area contributed by atoms with E-state index in [2.05, 4.69) is 0 Å². The van der Waals surface area contributed by atoms with E-state index in [4.69, 9.17) is 31.9 Å². The van der Waals surface area contributed by atoms with Gasteiger partial charge in [0.05, 0.1) is 62.6 Å². The van der Waals surface area contributed by atoms with Crippen molar-refractivity contribution in [1.82, 2.24) is 14.3 Å². The van der Waals surface area contributed by atoms with Gasteiger partial charge in [-0.1, -0.05) is 17.6 Å². The van der Waals surface area contributed by atoms with E-state index in [1.807, 2.05) is 41.1 Å². The molecule has 0 atom stereocenters. The first-order chi connectivity index (χ1) is 17.5. The molecule has 1 spiro atoms. The van der Waals surface area contributed by atoms with Crippen molar-refractivity contribution in [2.75, 3.05) is 27.4 Å². The number of aromatic nitrogens is 3. The van der Waals surface area contributed by atoms with Gasteiger partial charge in [-0.15, -0.1) is 0 Å². The summed E-state index contributed by atoms with van der Waals surface area (Å²) in [4.78, 5) is 13.8. The van der Waals surface area contributed by atoms with Crippen LogP contribution in [0.5, 0.6) is 11.5 Å². The minimum atomic E-state index is -0.444. The molecule has 3 heterocycles. The van der Waals surface area contributed by atoms with Crippen LogP contribution in [0.1, 0.15) is 37.3 Å². The van der Waals surface area contributed by atoms with E-state index in [0.717, 1.165) is 47.7 Å². The standard InChI is InChI=1S/C27H28BN3O5/c1-33-20-5-3-17(24(14-20)34-2)16-30-23-13-18(28)4-6-21(23)25-22(26(30)32)15-29-31(25)19-7-9-27(10-8-19)35-11-12-36-27/h3-6,13-15,19H,7-12,16H2,1-2H3. The Morgan fingerprint density at radius 2 is 1.83 bits per heavy atom. The minimum Gasteiger partial charge on any atom is -0.497 e. The Morgan fingerprint density at radius 1 is 1.06 bits per heavy atom. The molecule has 0 bridgehead atoms. The van der Waals surface area contributed by atoms with Crippen molar-refractivity contribution >= 4 is 35.1 Å². The number of methoxy groups -OCH3 is 2. The van der Waals surface area contributed by atoms with Crippen molar-refractivity contribution in [3.63, 3.8) is 0 Å². The fourth-order valence-corrected chi connectivity index (χ4v) is 5.67. The first-order valence-corrected chi connectivity index (χ1v) is 12.3. The lowest BCUT2D eigenvalue weighted by Crippen LogP contribution is -2.36. The van der Waals surface area contributed by atoms with Crippen LogP contribution in [-0.2, 0) is 16.0 Å². The summed E-state index contributed by atoms with van der Waals surface area (Å²) in [6.45, 7) is 1.63. The first-order valence-electron chi connectivity index (χ1n) is 12.3. The monoisotopic (exact) mass is 485 g/mol. The molecule has 4 aromatic rings. The van der Waals surface area contributed by atoms with Crippen LogP contribution in [0.3, 0.4) is 0 Å². The fourth-order valence-electron chi connectivity index (χ4n) is 5.67. The highest BCUT2D eigenvalue weighted by Gasteiger charge is 2.41. The summed E-state index contributed by atoms with van der Waals surface area (Å²) in [5.41, 5.74) is 2.97. The van der Waals surface area contributed by atoms with E-state index in [-0.39, 0.29) is 11.6 Å². The highest BCUT2D eigenvalue weighted by Crippen LogP contribution is 2.41. The molecule has 0 unspecified atom stereocenters. The lowest BCUT2D eigenvalue weighted by Gasteiger charge is -2.35. The summed E-state index contributed by atoms with van der Waals surface area (Å²) in [6.07, 6.45) is 5.08. The molecule has 2 radical (unpaired) electrons. The van der Waals surface area contributed by atoms with Gasteiger partial charge in [-0.05, 0) is 31.0 Å². The number of benzene rings is 2. The van der Waals surface area contributed by atoms with Crippen LogP contribution in [0.4, 0.5) is 0 Å². The Morgan fingerprint density at radius 3 is 2.56 bits per heavy atom. The molecule has 2 aromatic carbocycles. The molecule has 6 rings (SSSR count). The topological polar surface area (TPSA) is 76.7 Å². The normalized spacial score (nSPS) is 17.8. The predicted molar refractivity (Wildman–Crippen MR) is 138 cm³/mol. The van der Waals surface area contributed by atoms with Crippen LogP contribution in [0.25, 0.3) is 21.8 Å². The molecule has 2 fully saturated rings. The molecular formula is C27H28BN3O5. The lowest BCUT2D eigenvalue weighted by atomic mass is 9.90. The Bertz CT molecular complexity index is 1500. The van der Waals surface area contributed by atoms with Gasteiger partial charge in [-0.3, -0.25) is 9.48 Å². The quantitative estimate of drug-likeness (QED) is 0.405. The largest absolute Gasteiger partial charge is 0.497 e. The van der Waals surface area contributed by atoms with Crippen molar-refractivity contribution in [3.05, 3.63) is 58.5 Å². The Balaban J connectivity index is 1.46. The van der Waals surface area contributed by atoms with Gasteiger partial charge in [0.15, 0.2) is 5.79 Å². The smallest absolute Gasteiger partial charge is 0.262 e. The van der Waals surface area contributed by atoms with E-state index >= 15 is 0 Å². The van der Waals surface area contributed by atoms with Crippen LogP contribution in [0, 0.1) is 0 Å². The van der Waals surface area contributed by atoms with Gasteiger partial charge in [0.1, 0.15) is 19.3 Å². The maximum atomic E-state index is 13.8. The summed E-state index contributed by atoms with van der Waals surface area (Å²) < 4.78 is 26.5. The van der Waals surface area contributed by atoms with E-state index in [1.165, 1.54) is 0 Å². The summed E-state index contributed by atoms with van der Waals surface area (Å²) in [5, 5.41) is 6.25. The third-order valence-corrected chi connectivity index (χ3v) is 7.54. The van der Waals surface area contributed by atoms with Crippen molar-refractivity contribution < 1.29 is 18.9 Å². The Labute approximate surface area is 210 Å². The Hall–Kier alpha value is -3.30. The molecule has 1 aliphatic carbocycles. The number of hydrogen-bond acceptors (Lipinski definition) is 6. The summed E-state index contributed by atoms with van der Waals surface area (Å²) in [7, 11) is 9.41. The lowest BCUT2D eigenvalue weighted by molar-refractivity contribution is -0.181. The second-order valence-electron chi connectivity index (χ2n) is 9.54. The zero-order valence-corrected chi connectivity index (χ0v) is 20.5. The third-order valence-electron chi connectivity index (χ3n) is 7.54. The first kappa shape index (κ1) is 23.1. The average Bonchev–Trinajstić information content (AvgIpc) is 3.55. The van der Waals surface area contributed by atoms with Gasteiger partial charge in [-0.25, -0.2) is 0 Å². The average molecular weight is 485 g/mol. The van der Waals surface area contributed by atoms with E-state index in [9.17, 15) is 4.79 Å². The maximum Gasteiger partial charge on any atom is 0.262 e. The molecule has 1 saturated heterocycles. The fraction of sp³-hybridized carbons (Fsp3) is 0.407. The number of pyridine rings is 1. The van der Waals surface area contributed by atoms with Crippen molar-refractivity contribution in [2.45, 2.75) is 44.1 Å². The zero-order valence-electron chi connectivity index (χ0n) is 20.5. The SMILES string of the molecule is [B]c1ccc2c3c(cnn3C3CCC4(CC3)OCCO4)c(=O)n(Cc3ccc(OC)cc3OC)c2c1. The summed E-state index contributed by atoms with van der Waals surface area (Å²) in [6, 6.07) is 11.5. The second-order valence-corrected chi connectivity index (χ2v) is 9.54. The van der Waals surface area contributed by atoms with Gasteiger partial charge in [0, 0.05) is 29.9 Å². The second kappa shape index (κ2) is 8.98. The summed E-state index contributed by atoms with van der Waals surface area (Å²) >= 11 is 0. The van der Waals surface area contributed by atoms with E-state index in [1.54, 1.807) is 25.0 Å². The van der Waals surface area contributed by atoms with Crippen LogP contribution in [0.15, 0.2) is 47.4 Å². The predicted octanol–water partition coefficient (Wildman–Crippen LogP) is 3.07. The Kier molecular flexibility index (Phi) is 5.77. The molecule has 1 saturated carbocycles. The molecule has 2 aromatic heterocycles.